The van der Waals surface area contributed by atoms with Crippen LogP contribution in [0.3, 0.4) is 0 Å². The predicted octanol–water partition coefficient (Wildman–Crippen LogP) is 4.97. The second-order valence-electron chi connectivity index (χ2n) is 7.61. The van der Waals surface area contributed by atoms with Gasteiger partial charge in [-0.3, -0.25) is 4.79 Å². The molecule has 0 spiro atoms. The number of amides is 3. The van der Waals surface area contributed by atoms with Crippen molar-refractivity contribution >= 4 is 45.2 Å². The number of hydrogen-bond acceptors (Lipinski definition) is 2. The summed E-state index contributed by atoms with van der Waals surface area (Å²) in [6, 6.07) is 15.1. The molecule has 1 heterocycles. The number of carbonyl (C=O) groups is 2. The molecule has 7 heteroatoms. The molecule has 1 saturated heterocycles. The summed E-state index contributed by atoms with van der Waals surface area (Å²) in [5.74, 6) is 0.598. The van der Waals surface area contributed by atoms with Gasteiger partial charge in [0, 0.05) is 47.3 Å². The summed E-state index contributed by atoms with van der Waals surface area (Å²) < 4.78 is 1.05. The number of benzene rings is 2. The zero-order valence-electron chi connectivity index (χ0n) is 16.0. The van der Waals surface area contributed by atoms with Gasteiger partial charge >= 0.3 is 6.03 Å². The van der Waals surface area contributed by atoms with E-state index in [-0.39, 0.29) is 17.9 Å². The molecule has 2 fully saturated rings. The van der Waals surface area contributed by atoms with Crippen LogP contribution < -0.4 is 5.32 Å². The van der Waals surface area contributed by atoms with E-state index in [1.165, 1.54) is 5.56 Å². The van der Waals surface area contributed by atoms with E-state index in [1.54, 1.807) is 29.2 Å². The van der Waals surface area contributed by atoms with E-state index in [1.807, 2.05) is 17.0 Å². The van der Waals surface area contributed by atoms with E-state index in [4.69, 9.17) is 11.6 Å². The number of nitrogens with zero attached hydrogens (tertiary/aromatic N) is 2. The van der Waals surface area contributed by atoms with E-state index in [0.717, 1.165) is 17.3 Å². The molecular weight excluding hydrogens is 454 g/mol. The number of urea groups is 1. The Morgan fingerprint density at radius 1 is 1.00 bits per heavy atom. The van der Waals surface area contributed by atoms with Crippen LogP contribution in [0.2, 0.25) is 5.02 Å². The summed E-state index contributed by atoms with van der Waals surface area (Å²) in [6.45, 7) is 2.46. The van der Waals surface area contributed by atoms with Gasteiger partial charge in [0.2, 0.25) is 5.91 Å². The van der Waals surface area contributed by atoms with Gasteiger partial charge in [-0.25, -0.2) is 4.79 Å². The highest BCUT2D eigenvalue weighted by molar-refractivity contribution is 9.10. The first-order valence-electron chi connectivity index (χ1n) is 9.87. The Hall–Kier alpha value is -2.05. The van der Waals surface area contributed by atoms with Crippen molar-refractivity contribution in [3.8, 4) is 0 Å². The maximum atomic E-state index is 13.0. The van der Waals surface area contributed by atoms with Crippen molar-refractivity contribution in [1.82, 2.24) is 9.80 Å². The second-order valence-corrected chi connectivity index (χ2v) is 8.96. The molecule has 2 unspecified atom stereocenters. The van der Waals surface area contributed by atoms with Gasteiger partial charge in [0.15, 0.2) is 0 Å². The molecular formula is C22H23BrClN3O2. The number of nitrogens with one attached hydrogen (secondary N) is 1. The minimum atomic E-state index is -0.139. The lowest BCUT2D eigenvalue weighted by Crippen LogP contribution is -2.39. The molecule has 3 amide bonds. The van der Waals surface area contributed by atoms with Gasteiger partial charge in [0.25, 0.3) is 0 Å². The maximum Gasteiger partial charge on any atom is 0.321 e. The van der Waals surface area contributed by atoms with Crippen LogP contribution >= 0.6 is 27.5 Å². The average molecular weight is 477 g/mol. The standard InChI is InChI=1S/C22H23BrClN3O2/c23-16-4-1-3-15(13-16)19-14-20(19)21(28)26-9-2-10-27(12-11-26)22(29)25-18-7-5-17(24)6-8-18/h1,3-8,13,19-20H,2,9-12,14H2,(H,25,29). The molecule has 2 aromatic carbocycles. The first-order valence-corrected chi connectivity index (χ1v) is 11.0. The highest BCUT2D eigenvalue weighted by atomic mass is 79.9. The number of hydrogen-bond donors (Lipinski definition) is 1. The molecule has 1 aliphatic heterocycles. The van der Waals surface area contributed by atoms with Crippen molar-refractivity contribution < 1.29 is 9.59 Å². The lowest BCUT2D eigenvalue weighted by Gasteiger charge is -2.22. The summed E-state index contributed by atoms with van der Waals surface area (Å²) in [5.41, 5.74) is 1.93. The van der Waals surface area contributed by atoms with E-state index in [9.17, 15) is 9.59 Å². The Morgan fingerprint density at radius 3 is 2.48 bits per heavy atom. The van der Waals surface area contributed by atoms with E-state index >= 15 is 0 Å². The van der Waals surface area contributed by atoms with Gasteiger partial charge in [-0.05, 0) is 60.7 Å². The highest BCUT2D eigenvalue weighted by Gasteiger charge is 2.45. The van der Waals surface area contributed by atoms with E-state index in [0.29, 0.717) is 42.8 Å². The Balaban J connectivity index is 1.31. The van der Waals surface area contributed by atoms with Gasteiger partial charge in [-0.2, -0.15) is 0 Å². The molecule has 2 aromatic rings. The van der Waals surface area contributed by atoms with Crippen LogP contribution in [-0.4, -0.2) is 47.9 Å². The van der Waals surface area contributed by atoms with Crippen molar-refractivity contribution in [2.24, 2.45) is 5.92 Å². The van der Waals surface area contributed by atoms with Gasteiger partial charge in [0.1, 0.15) is 0 Å². The number of rotatable bonds is 3. The first-order chi connectivity index (χ1) is 14.0. The maximum absolute atomic E-state index is 13.0. The fraction of sp³-hybridized carbons (Fsp3) is 0.364. The molecule has 1 saturated carbocycles. The Bertz CT molecular complexity index is 905. The molecule has 0 bridgehead atoms. The zero-order valence-corrected chi connectivity index (χ0v) is 18.3. The van der Waals surface area contributed by atoms with E-state index < -0.39 is 0 Å². The number of carbonyl (C=O) groups excluding carboxylic acids is 2. The van der Waals surface area contributed by atoms with Gasteiger partial charge in [-0.15, -0.1) is 0 Å². The van der Waals surface area contributed by atoms with Crippen LogP contribution in [0.4, 0.5) is 10.5 Å². The molecule has 5 nitrogen and oxygen atoms in total. The topological polar surface area (TPSA) is 52.7 Å². The third-order valence-corrected chi connectivity index (χ3v) is 6.32. The van der Waals surface area contributed by atoms with Crippen LogP contribution in [0, 0.1) is 5.92 Å². The fourth-order valence-electron chi connectivity index (χ4n) is 3.88. The predicted molar refractivity (Wildman–Crippen MR) is 118 cm³/mol. The number of halogens is 2. The normalized spacial score (nSPS) is 21.4. The molecule has 1 aliphatic carbocycles. The Morgan fingerprint density at radius 2 is 1.72 bits per heavy atom. The second kappa shape index (κ2) is 8.76. The molecule has 0 aromatic heterocycles. The third kappa shape index (κ3) is 4.93. The molecule has 1 N–H and O–H groups in total. The molecule has 2 atom stereocenters. The quantitative estimate of drug-likeness (QED) is 0.680. The lowest BCUT2D eigenvalue weighted by atomic mass is 10.1. The average Bonchev–Trinajstić information content (AvgIpc) is 3.53. The van der Waals surface area contributed by atoms with Crippen LogP contribution in [0.15, 0.2) is 53.0 Å². The van der Waals surface area contributed by atoms with Crippen molar-refractivity contribution in [2.45, 2.75) is 18.8 Å². The van der Waals surface area contributed by atoms with Crippen molar-refractivity contribution in [3.05, 3.63) is 63.6 Å². The third-order valence-electron chi connectivity index (χ3n) is 5.57. The summed E-state index contributed by atoms with van der Waals surface area (Å²) in [5, 5.41) is 3.53. The summed E-state index contributed by atoms with van der Waals surface area (Å²) >= 11 is 9.39. The van der Waals surface area contributed by atoms with Gasteiger partial charge < -0.3 is 15.1 Å². The minimum Gasteiger partial charge on any atom is -0.341 e. The molecule has 0 radical (unpaired) electrons. The van der Waals surface area contributed by atoms with Crippen LogP contribution in [0.5, 0.6) is 0 Å². The minimum absolute atomic E-state index is 0.0683. The summed E-state index contributed by atoms with van der Waals surface area (Å²) in [6.07, 6.45) is 1.70. The largest absolute Gasteiger partial charge is 0.341 e. The Kier molecular flexibility index (Phi) is 6.11. The fourth-order valence-corrected chi connectivity index (χ4v) is 4.43. The molecule has 152 valence electrons. The van der Waals surface area contributed by atoms with Gasteiger partial charge in [0.05, 0.1) is 0 Å². The van der Waals surface area contributed by atoms with Crippen LogP contribution in [-0.2, 0) is 4.79 Å². The summed E-state index contributed by atoms with van der Waals surface area (Å²) in [4.78, 5) is 29.2. The lowest BCUT2D eigenvalue weighted by molar-refractivity contribution is -0.132. The van der Waals surface area contributed by atoms with Crippen molar-refractivity contribution in [1.29, 1.82) is 0 Å². The van der Waals surface area contributed by atoms with Crippen molar-refractivity contribution in [3.63, 3.8) is 0 Å². The molecule has 2 aliphatic rings. The van der Waals surface area contributed by atoms with Gasteiger partial charge in [-0.1, -0.05) is 39.7 Å². The SMILES string of the molecule is O=C(Nc1ccc(Cl)cc1)N1CCCN(C(=O)C2CC2c2cccc(Br)c2)CC1. The number of anilines is 1. The highest BCUT2D eigenvalue weighted by Crippen LogP contribution is 2.48. The Labute approximate surface area is 184 Å². The first kappa shape index (κ1) is 20.2. The van der Waals surface area contributed by atoms with E-state index in [2.05, 4.69) is 33.4 Å². The van der Waals surface area contributed by atoms with Crippen LogP contribution in [0.1, 0.15) is 24.3 Å². The molecule has 29 heavy (non-hydrogen) atoms. The van der Waals surface area contributed by atoms with Crippen molar-refractivity contribution in [2.75, 3.05) is 31.5 Å². The monoisotopic (exact) mass is 475 g/mol. The molecule has 4 rings (SSSR count). The summed E-state index contributed by atoms with van der Waals surface area (Å²) in [7, 11) is 0. The van der Waals surface area contributed by atoms with Crippen LogP contribution in [0.25, 0.3) is 0 Å². The smallest absolute Gasteiger partial charge is 0.321 e. The zero-order chi connectivity index (χ0) is 20.4.